The number of amides is 1. The van der Waals surface area contributed by atoms with Crippen LogP contribution in [0.5, 0.6) is 5.75 Å². The number of aliphatic carboxylic acids is 1. The minimum absolute atomic E-state index is 0.348. The van der Waals surface area contributed by atoms with Gasteiger partial charge in [-0.15, -0.1) is 0 Å². The summed E-state index contributed by atoms with van der Waals surface area (Å²) in [6, 6.07) is 5.71. The van der Waals surface area contributed by atoms with E-state index < -0.39 is 12.1 Å². The largest absolute Gasteiger partial charge is 0.481 e. The van der Waals surface area contributed by atoms with Crippen LogP contribution in [0.4, 0.5) is 4.79 Å². The molecule has 0 radical (unpaired) electrons. The lowest BCUT2D eigenvalue weighted by Gasteiger charge is -2.29. The number of ether oxygens (including phenoxy) is 1. The van der Waals surface area contributed by atoms with Crippen molar-refractivity contribution in [3.8, 4) is 5.75 Å². The molecule has 0 aliphatic carbocycles. The third kappa shape index (κ3) is 3.10. The zero-order chi connectivity index (χ0) is 14.7. The highest BCUT2D eigenvalue weighted by Crippen LogP contribution is 2.24. The van der Waals surface area contributed by atoms with E-state index in [-0.39, 0.29) is 5.92 Å². The van der Waals surface area contributed by atoms with Gasteiger partial charge in [-0.2, -0.15) is 0 Å². The number of hydrogen-bond donors (Lipinski definition) is 1. The van der Waals surface area contributed by atoms with Crippen LogP contribution in [0.1, 0.15) is 24.0 Å². The van der Waals surface area contributed by atoms with E-state index in [1.54, 1.807) is 4.90 Å². The van der Waals surface area contributed by atoms with Crippen LogP contribution in [-0.2, 0) is 4.79 Å². The molecular formula is C15H19NO4. The van der Waals surface area contributed by atoms with Crippen molar-refractivity contribution in [2.24, 2.45) is 5.92 Å². The highest BCUT2D eigenvalue weighted by atomic mass is 16.6. The summed E-state index contributed by atoms with van der Waals surface area (Å²) in [5.41, 5.74) is 1.83. The molecule has 108 valence electrons. The number of carboxylic acids is 1. The number of para-hydroxylation sites is 1. The molecule has 1 N–H and O–H groups in total. The van der Waals surface area contributed by atoms with Crippen LogP contribution >= 0.6 is 0 Å². The maximum absolute atomic E-state index is 12.1. The number of carbonyl (C=O) groups excluding carboxylic acids is 1. The molecule has 1 fully saturated rings. The van der Waals surface area contributed by atoms with Crippen molar-refractivity contribution in [1.82, 2.24) is 4.90 Å². The van der Waals surface area contributed by atoms with Gasteiger partial charge in [0.15, 0.2) is 0 Å². The molecule has 5 heteroatoms. The van der Waals surface area contributed by atoms with Crippen molar-refractivity contribution in [1.29, 1.82) is 0 Å². The third-order valence-electron chi connectivity index (χ3n) is 3.70. The molecular weight excluding hydrogens is 258 g/mol. The van der Waals surface area contributed by atoms with Gasteiger partial charge in [0.2, 0.25) is 0 Å². The van der Waals surface area contributed by atoms with E-state index in [1.165, 1.54) is 0 Å². The number of carboxylic acid groups (broad SMARTS) is 1. The van der Waals surface area contributed by atoms with E-state index in [1.807, 2.05) is 32.0 Å². The summed E-state index contributed by atoms with van der Waals surface area (Å²) in [6.07, 6.45) is 0.570. The lowest BCUT2D eigenvalue weighted by atomic mass is 9.97. The molecule has 1 aromatic rings. The number of carbonyl (C=O) groups is 2. The Kier molecular flexibility index (Phi) is 4.27. The Bertz CT molecular complexity index is 498. The van der Waals surface area contributed by atoms with Crippen LogP contribution in [0.2, 0.25) is 0 Å². The van der Waals surface area contributed by atoms with E-state index in [0.29, 0.717) is 31.7 Å². The molecule has 2 rings (SSSR count). The first-order valence-corrected chi connectivity index (χ1v) is 6.75. The Morgan fingerprint density at radius 3 is 2.25 bits per heavy atom. The van der Waals surface area contributed by atoms with Gasteiger partial charge in [0.1, 0.15) is 5.75 Å². The van der Waals surface area contributed by atoms with Crippen molar-refractivity contribution < 1.29 is 19.4 Å². The molecule has 0 unspecified atom stereocenters. The number of hydrogen-bond acceptors (Lipinski definition) is 3. The molecule has 0 bridgehead atoms. The SMILES string of the molecule is Cc1cccc(C)c1OC(=O)N1CCC(C(=O)O)CC1. The van der Waals surface area contributed by atoms with E-state index in [0.717, 1.165) is 11.1 Å². The Hall–Kier alpha value is -2.04. The maximum Gasteiger partial charge on any atom is 0.415 e. The second-order valence-corrected chi connectivity index (χ2v) is 5.19. The van der Waals surface area contributed by atoms with Crippen LogP contribution in [0.15, 0.2) is 18.2 Å². The summed E-state index contributed by atoms with van der Waals surface area (Å²) >= 11 is 0. The number of piperidine rings is 1. The maximum atomic E-state index is 12.1. The average Bonchev–Trinajstić information content (AvgIpc) is 2.43. The van der Waals surface area contributed by atoms with Gasteiger partial charge in [-0.1, -0.05) is 18.2 Å². The first-order chi connectivity index (χ1) is 9.49. The van der Waals surface area contributed by atoms with Crippen molar-refractivity contribution in [3.05, 3.63) is 29.3 Å². The first-order valence-electron chi connectivity index (χ1n) is 6.75. The summed E-state index contributed by atoms with van der Waals surface area (Å²) in [4.78, 5) is 24.6. The van der Waals surface area contributed by atoms with E-state index >= 15 is 0 Å². The fraction of sp³-hybridized carbons (Fsp3) is 0.467. The first kappa shape index (κ1) is 14.4. The fourth-order valence-corrected chi connectivity index (χ4v) is 2.42. The Morgan fingerprint density at radius 1 is 1.20 bits per heavy atom. The van der Waals surface area contributed by atoms with Crippen molar-refractivity contribution >= 4 is 12.1 Å². The molecule has 0 atom stereocenters. The smallest absolute Gasteiger partial charge is 0.415 e. The van der Waals surface area contributed by atoms with E-state index in [4.69, 9.17) is 9.84 Å². The van der Waals surface area contributed by atoms with Crippen molar-refractivity contribution in [3.63, 3.8) is 0 Å². The number of aryl methyl sites for hydroxylation is 2. The van der Waals surface area contributed by atoms with Gasteiger partial charge in [-0.05, 0) is 37.8 Å². The van der Waals surface area contributed by atoms with Gasteiger partial charge in [0.25, 0.3) is 0 Å². The number of likely N-dealkylation sites (tertiary alicyclic amines) is 1. The third-order valence-corrected chi connectivity index (χ3v) is 3.70. The molecule has 1 amide bonds. The molecule has 1 aliphatic rings. The van der Waals surface area contributed by atoms with Crippen LogP contribution in [0.25, 0.3) is 0 Å². The molecule has 0 aromatic heterocycles. The van der Waals surface area contributed by atoms with Gasteiger partial charge in [-0.25, -0.2) is 4.79 Å². The quantitative estimate of drug-likeness (QED) is 0.902. The van der Waals surface area contributed by atoms with Crippen molar-refractivity contribution in [2.75, 3.05) is 13.1 Å². The molecule has 1 saturated heterocycles. The van der Waals surface area contributed by atoms with Gasteiger partial charge >= 0.3 is 12.1 Å². The molecule has 1 aromatic carbocycles. The minimum Gasteiger partial charge on any atom is -0.481 e. The Labute approximate surface area is 118 Å². The summed E-state index contributed by atoms with van der Waals surface area (Å²) in [7, 11) is 0. The van der Waals surface area contributed by atoms with E-state index in [2.05, 4.69) is 0 Å². The summed E-state index contributed by atoms with van der Waals surface area (Å²) in [6.45, 7) is 4.65. The molecule has 0 spiro atoms. The predicted molar refractivity (Wildman–Crippen MR) is 73.9 cm³/mol. The lowest BCUT2D eigenvalue weighted by molar-refractivity contribution is -0.143. The summed E-state index contributed by atoms with van der Waals surface area (Å²) in [5.74, 6) is -0.537. The number of rotatable bonds is 2. The monoisotopic (exact) mass is 277 g/mol. The van der Waals surface area contributed by atoms with Gasteiger partial charge in [0.05, 0.1) is 5.92 Å². The fourth-order valence-electron chi connectivity index (χ4n) is 2.42. The number of benzene rings is 1. The van der Waals surface area contributed by atoms with Crippen LogP contribution in [-0.4, -0.2) is 35.2 Å². The highest BCUT2D eigenvalue weighted by molar-refractivity contribution is 5.73. The average molecular weight is 277 g/mol. The van der Waals surface area contributed by atoms with Crippen molar-refractivity contribution in [2.45, 2.75) is 26.7 Å². The molecule has 1 heterocycles. The molecule has 5 nitrogen and oxygen atoms in total. The van der Waals surface area contributed by atoms with Gasteiger partial charge in [0, 0.05) is 13.1 Å². The van der Waals surface area contributed by atoms with Crippen LogP contribution < -0.4 is 4.74 Å². The normalized spacial score (nSPS) is 16.0. The molecule has 0 saturated carbocycles. The Morgan fingerprint density at radius 2 is 1.75 bits per heavy atom. The van der Waals surface area contributed by atoms with Crippen LogP contribution in [0, 0.1) is 19.8 Å². The zero-order valence-corrected chi connectivity index (χ0v) is 11.8. The summed E-state index contributed by atoms with van der Waals surface area (Å²) < 4.78 is 5.45. The molecule has 1 aliphatic heterocycles. The molecule has 20 heavy (non-hydrogen) atoms. The topological polar surface area (TPSA) is 66.8 Å². The predicted octanol–water partition coefficient (Wildman–Crippen LogP) is 2.60. The van der Waals surface area contributed by atoms with Crippen LogP contribution in [0.3, 0.4) is 0 Å². The summed E-state index contributed by atoms with van der Waals surface area (Å²) in [5, 5.41) is 8.94. The Balaban J connectivity index is 1.98. The number of nitrogens with zero attached hydrogens (tertiary/aromatic N) is 1. The van der Waals surface area contributed by atoms with Gasteiger partial charge in [-0.3, -0.25) is 4.79 Å². The zero-order valence-electron chi connectivity index (χ0n) is 11.8. The lowest BCUT2D eigenvalue weighted by Crippen LogP contribution is -2.41. The second-order valence-electron chi connectivity index (χ2n) is 5.19. The minimum atomic E-state index is -0.784. The highest BCUT2D eigenvalue weighted by Gasteiger charge is 2.28. The van der Waals surface area contributed by atoms with E-state index in [9.17, 15) is 9.59 Å². The second kappa shape index (κ2) is 5.94. The standard InChI is InChI=1S/C15H19NO4/c1-10-4-3-5-11(2)13(10)20-15(19)16-8-6-12(7-9-16)14(17)18/h3-5,12H,6-9H2,1-2H3,(H,17,18). The van der Waals surface area contributed by atoms with Gasteiger partial charge < -0.3 is 14.7 Å².